The van der Waals surface area contributed by atoms with Crippen molar-refractivity contribution < 1.29 is 18.3 Å². The van der Waals surface area contributed by atoms with Crippen molar-refractivity contribution in [1.82, 2.24) is 14.5 Å². The summed E-state index contributed by atoms with van der Waals surface area (Å²) in [7, 11) is -3.50. The van der Waals surface area contributed by atoms with Gasteiger partial charge in [-0.05, 0) is 33.1 Å². The molecule has 0 atom stereocenters. The molecule has 0 spiro atoms. The van der Waals surface area contributed by atoms with Crippen LogP contribution in [0, 0.1) is 0 Å². The summed E-state index contributed by atoms with van der Waals surface area (Å²) < 4.78 is 33.5. The van der Waals surface area contributed by atoms with Crippen LogP contribution >= 0.6 is 0 Å². The molecule has 0 bridgehead atoms. The maximum Gasteiger partial charge on any atom is 0.243 e. The minimum atomic E-state index is -3.50. The van der Waals surface area contributed by atoms with Crippen LogP contribution < -0.4 is 4.72 Å². The van der Waals surface area contributed by atoms with Crippen molar-refractivity contribution in [2.45, 2.75) is 50.7 Å². The second kappa shape index (κ2) is 9.14. The second-order valence-electron chi connectivity index (χ2n) is 5.04. The summed E-state index contributed by atoms with van der Waals surface area (Å²) >= 11 is 0. The Balaban J connectivity index is 2.34. The number of ether oxygens (including phenoxy) is 1. The Hall–Kier alpha value is -0.960. The standard InChI is InChI=1S/C13H25N3O4S/c1-12(2)20-9-4-3-6-15-21(18,19)13-10-14-16(11-13)7-5-8-17/h10-12,15,17H,3-9H2,1-2H3. The molecule has 0 aliphatic carbocycles. The van der Waals surface area contributed by atoms with Gasteiger partial charge in [0.1, 0.15) is 4.90 Å². The maximum atomic E-state index is 12.0. The molecule has 0 amide bonds. The van der Waals surface area contributed by atoms with Gasteiger partial charge in [-0.3, -0.25) is 4.68 Å². The Morgan fingerprint density at radius 3 is 2.81 bits per heavy atom. The van der Waals surface area contributed by atoms with E-state index in [9.17, 15) is 8.42 Å². The monoisotopic (exact) mass is 319 g/mol. The minimum Gasteiger partial charge on any atom is -0.396 e. The molecule has 0 aliphatic rings. The molecule has 122 valence electrons. The first kappa shape index (κ1) is 18.1. The molecule has 0 aliphatic heterocycles. The van der Waals surface area contributed by atoms with Crippen LogP contribution in [0.15, 0.2) is 17.3 Å². The first-order chi connectivity index (χ1) is 9.95. The number of unbranched alkanes of at least 4 members (excludes halogenated alkanes) is 1. The number of nitrogens with one attached hydrogen (secondary N) is 1. The summed E-state index contributed by atoms with van der Waals surface area (Å²) in [6, 6.07) is 0. The molecule has 0 saturated carbocycles. The van der Waals surface area contributed by atoms with Gasteiger partial charge in [-0.15, -0.1) is 0 Å². The van der Waals surface area contributed by atoms with Gasteiger partial charge in [-0.25, -0.2) is 13.1 Å². The number of rotatable bonds is 11. The predicted molar refractivity (Wildman–Crippen MR) is 79.4 cm³/mol. The molecule has 2 N–H and O–H groups in total. The summed E-state index contributed by atoms with van der Waals surface area (Å²) in [5, 5.41) is 12.7. The summed E-state index contributed by atoms with van der Waals surface area (Å²) in [6.07, 6.45) is 5.08. The van der Waals surface area contributed by atoms with Crippen molar-refractivity contribution in [3.8, 4) is 0 Å². The van der Waals surface area contributed by atoms with Crippen LogP contribution in [0.4, 0.5) is 0 Å². The topological polar surface area (TPSA) is 93.5 Å². The van der Waals surface area contributed by atoms with Crippen molar-refractivity contribution >= 4 is 10.0 Å². The second-order valence-corrected chi connectivity index (χ2v) is 6.81. The van der Waals surface area contributed by atoms with Crippen LogP contribution in [0.3, 0.4) is 0 Å². The molecule has 8 heteroatoms. The smallest absolute Gasteiger partial charge is 0.243 e. The van der Waals surface area contributed by atoms with Gasteiger partial charge in [0, 0.05) is 32.5 Å². The fourth-order valence-electron chi connectivity index (χ4n) is 1.67. The molecular formula is C13H25N3O4S. The van der Waals surface area contributed by atoms with Crippen molar-refractivity contribution in [3.63, 3.8) is 0 Å². The lowest BCUT2D eigenvalue weighted by Gasteiger charge is -2.07. The van der Waals surface area contributed by atoms with Gasteiger partial charge in [0.15, 0.2) is 0 Å². The Kier molecular flexibility index (Phi) is 7.87. The number of nitrogens with zero attached hydrogens (tertiary/aromatic N) is 2. The first-order valence-electron chi connectivity index (χ1n) is 7.20. The maximum absolute atomic E-state index is 12.0. The normalized spacial score (nSPS) is 12.2. The molecule has 7 nitrogen and oxygen atoms in total. The molecule has 1 aromatic heterocycles. The fourth-order valence-corrected chi connectivity index (χ4v) is 2.70. The number of aromatic nitrogens is 2. The van der Waals surface area contributed by atoms with Crippen LogP contribution in [0.25, 0.3) is 0 Å². The third-order valence-corrected chi connectivity index (χ3v) is 4.20. The molecule has 0 aromatic carbocycles. The van der Waals surface area contributed by atoms with Gasteiger partial charge in [-0.1, -0.05) is 0 Å². The molecule has 1 rings (SSSR count). The molecular weight excluding hydrogens is 294 g/mol. The number of sulfonamides is 1. The summed E-state index contributed by atoms with van der Waals surface area (Å²) in [4.78, 5) is 0.152. The number of aliphatic hydroxyl groups is 1. The van der Waals surface area contributed by atoms with Gasteiger partial charge in [-0.2, -0.15) is 5.10 Å². The Morgan fingerprint density at radius 1 is 1.38 bits per heavy atom. The van der Waals surface area contributed by atoms with E-state index >= 15 is 0 Å². The van der Waals surface area contributed by atoms with Crippen LogP contribution in [0.2, 0.25) is 0 Å². The van der Waals surface area contributed by atoms with E-state index in [2.05, 4.69) is 9.82 Å². The van der Waals surface area contributed by atoms with Crippen LogP contribution in [-0.2, 0) is 21.3 Å². The van der Waals surface area contributed by atoms with E-state index in [-0.39, 0.29) is 17.6 Å². The molecule has 21 heavy (non-hydrogen) atoms. The molecule has 1 heterocycles. The zero-order valence-electron chi connectivity index (χ0n) is 12.7. The Morgan fingerprint density at radius 2 is 2.14 bits per heavy atom. The SMILES string of the molecule is CC(C)OCCCCNS(=O)(=O)c1cnn(CCCO)c1. The van der Waals surface area contributed by atoms with Gasteiger partial charge >= 0.3 is 0 Å². The molecule has 0 radical (unpaired) electrons. The van der Waals surface area contributed by atoms with E-state index in [4.69, 9.17) is 9.84 Å². The third-order valence-electron chi connectivity index (χ3n) is 2.78. The highest BCUT2D eigenvalue weighted by Gasteiger charge is 2.15. The van der Waals surface area contributed by atoms with Gasteiger partial charge in [0.2, 0.25) is 10.0 Å². The summed E-state index contributed by atoms with van der Waals surface area (Å²) in [5.41, 5.74) is 0. The minimum absolute atomic E-state index is 0.0542. The van der Waals surface area contributed by atoms with E-state index in [0.29, 0.717) is 26.1 Å². The summed E-state index contributed by atoms with van der Waals surface area (Å²) in [5.74, 6) is 0. The average molecular weight is 319 g/mol. The predicted octanol–water partition coefficient (Wildman–Crippen LogP) is 0.749. The highest BCUT2D eigenvalue weighted by molar-refractivity contribution is 7.89. The number of hydrogen-bond donors (Lipinski definition) is 2. The lowest BCUT2D eigenvalue weighted by molar-refractivity contribution is 0.0762. The summed E-state index contributed by atoms with van der Waals surface area (Å²) in [6.45, 7) is 5.51. The van der Waals surface area contributed by atoms with E-state index in [1.165, 1.54) is 17.1 Å². The fraction of sp³-hybridized carbons (Fsp3) is 0.769. The van der Waals surface area contributed by atoms with Crippen molar-refractivity contribution in [2.24, 2.45) is 0 Å². The van der Waals surface area contributed by atoms with E-state index < -0.39 is 10.0 Å². The zero-order chi connectivity index (χ0) is 15.7. The Bertz CT molecular complexity index is 499. The lowest BCUT2D eigenvalue weighted by atomic mass is 10.3. The van der Waals surface area contributed by atoms with Crippen molar-refractivity contribution in [3.05, 3.63) is 12.4 Å². The van der Waals surface area contributed by atoms with Crippen LogP contribution in [-0.4, -0.2) is 49.2 Å². The number of hydrogen-bond acceptors (Lipinski definition) is 5. The largest absolute Gasteiger partial charge is 0.396 e. The van der Waals surface area contributed by atoms with E-state index in [1.807, 2.05) is 13.8 Å². The lowest BCUT2D eigenvalue weighted by Crippen LogP contribution is -2.24. The first-order valence-corrected chi connectivity index (χ1v) is 8.68. The average Bonchev–Trinajstić information content (AvgIpc) is 2.89. The van der Waals surface area contributed by atoms with Gasteiger partial charge < -0.3 is 9.84 Å². The molecule has 0 unspecified atom stereocenters. The quantitative estimate of drug-likeness (QED) is 0.587. The van der Waals surface area contributed by atoms with Gasteiger partial charge in [0.25, 0.3) is 0 Å². The Labute approximate surface area is 126 Å². The third kappa shape index (κ3) is 7.03. The number of aliphatic hydroxyl groups excluding tert-OH is 1. The van der Waals surface area contributed by atoms with Crippen molar-refractivity contribution in [1.29, 1.82) is 0 Å². The molecule has 1 aromatic rings. The van der Waals surface area contributed by atoms with E-state index in [1.54, 1.807) is 0 Å². The molecule has 0 saturated heterocycles. The van der Waals surface area contributed by atoms with Gasteiger partial charge in [0.05, 0.1) is 12.3 Å². The number of aryl methyl sites for hydroxylation is 1. The highest BCUT2D eigenvalue weighted by Crippen LogP contribution is 2.07. The van der Waals surface area contributed by atoms with Crippen molar-refractivity contribution in [2.75, 3.05) is 19.8 Å². The highest BCUT2D eigenvalue weighted by atomic mass is 32.2. The zero-order valence-corrected chi connectivity index (χ0v) is 13.5. The molecule has 0 fully saturated rings. The van der Waals surface area contributed by atoms with Crippen LogP contribution in [0.5, 0.6) is 0 Å². The van der Waals surface area contributed by atoms with Crippen LogP contribution in [0.1, 0.15) is 33.1 Å². The van der Waals surface area contributed by atoms with E-state index in [0.717, 1.165) is 12.8 Å².